The number of hydrogen-bond acceptors (Lipinski definition) is 4. The zero-order valence-corrected chi connectivity index (χ0v) is 16.9. The molecule has 0 saturated carbocycles. The molecule has 0 aliphatic carbocycles. The number of likely N-dealkylation sites (N-methyl/N-ethyl adjacent to an activating group) is 1. The summed E-state index contributed by atoms with van der Waals surface area (Å²) in [5.41, 5.74) is 2.21. The lowest BCUT2D eigenvalue weighted by Gasteiger charge is -2.39. The first kappa shape index (κ1) is 19.9. The highest BCUT2D eigenvalue weighted by molar-refractivity contribution is 7.89. The van der Waals surface area contributed by atoms with Gasteiger partial charge in [0, 0.05) is 25.2 Å². The molecule has 0 aromatic heterocycles. The Bertz CT molecular complexity index is 840. The van der Waals surface area contributed by atoms with Crippen LogP contribution in [-0.4, -0.2) is 57.2 Å². The number of sulfonamides is 1. The van der Waals surface area contributed by atoms with E-state index in [1.807, 2.05) is 61.6 Å². The number of aryl methyl sites for hydroxylation is 1. The zero-order chi connectivity index (χ0) is 19.3. The summed E-state index contributed by atoms with van der Waals surface area (Å²) in [6, 6.07) is 17.9. The van der Waals surface area contributed by atoms with Gasteiger partial charge in [-0.1, -0.05) is 48.5 Å². The van der Waals surface area contributed by atoms with Crippen LogP contribution >= 0.6 is 0 Å². The minimum atomic E-state index is -3.27. The Balaban J connectivity index is 1.67. The van der Waals surface area contributed by atoms with Gasteiger partial charge in [0.05, 0.1) is 18.9 Å². The molecule has 2 aromatic carbocycles. The highest BCUT2D eigenvalue weighted by Gasteiger charge is 2.33. The average molecular weight is 389 g/mol. The molecule has 0 amide bonds. The van der Waals surface area contributed by atoms with E-state index in [4.69, 9.17) is 4.74 Å². The summed E-state index contributed by atoms with van der Waals surface area (Å²) in [7, 11) is 0.419. The van der Waals surface area contributed by atoms with Gasteiger partial charge in [0.1, 0.15) is 5.75 Å². The van der Waals surface area contributed by atoms with E-state index >= 15 is 0 Å². The van der Waals surface area contributed by atoms with Crippen molar-refractivity contribution in [1.82, 2.24) is 9.21 Å². The summed E-state index contributed by atoms with van der Waals surface area (Å²) in [5, 5.41) is 0. The van der Waals surface area contributed by atoms with E-state index in [2.05, 4.69) is 4.90 Å². The van der Waals surface area contributed by atoms with Gasteiger partial charge in [-0.3, -0.25) is 4.90 Å². The summed E-state index contributed by atoms with van der Waals surface area (Å²) in [6.07, 6.45) is 1.42. The number of methoxy groups -OCH3 is 1. The third-order valence-corrected chi connectivity index (χ3v) is 7.14. The van der Waals surface area contributed by atoms with E-state index in [0.717, 1.165) is 17.7 Å². The maximum Gasteiger partial charge on any atom is 0.214 e. The van der Waals surface area contributed by atoms with Crippen LogP contribution in [0.1, 0.15) is 23.6 Å². The number of hydrogen-bond donors (Lipinski definition) is 0. The zero-order valence-electron chi connectivity index (χ0n) is 16.0. The van der Waals surface area contributed by atoms with Gasteiger partial charge in [0.15, 0.2) is 0 Å². The molecule has 1 unspecified atom stereocenters. The highest BCUT2D eigenvalue weighted by Crippen LogP contribution is 2.32. The third-order valence-electron chi connectivity index (χ3n) is 5.21. The first-order valence-corrected chi connectivity index (χ1v) is 11.0. The summed E-state index contributed by atoms with van der Waals surface area (Å²) in [4.78, 5) is 2.20. The Kier molecular flexibility index (Phi) is 6.52. The molecule has 1 atom stereocenters. The van der Waals surface area contributed by atoms with Crippen molar-refractivity contribution >= 4 is 10.0 Å². The van der Waals surface area contributed by atoms with E-state index in [-0.39, 0.29) is 11.8 Å². The van der Waals surface area contributed by atoms with Gasteiger partial charge in [-0.25, -0.2) is 8.42 Å². The quantitative estimate of drug-likeness (QED) is 0.732. The minimum Gasteiger partial charge on any atom is -0.496 e. The molecular weight excluding hydrogens is 360 g/mol. The van der Waals surface area contributed by atoms with Gasteiger partial charge in [-0.2, -0.15) is 4.31 Å². The van der Waals surface area contributed by atoms with E-state index in [9.17, 15) is 8.42 Å². The van der Waals surface area contributed by atoms with Crippen LogP contribution in [0.15, 0.2) is 54.6 Å². The minimum absolute atomic E-state index is 0.00111. The van der Waals surface area contributed by atoms with Gasteiger partial charge >= 0.3 is 0 Å². The van der Waals surface area contributed by atoms with Crippen LogP contribution in [0.5, 0.6) is 5.75 Å². The van der Waals surface area contributed by atoms with Gasteiger partial charge in [-0.05, 0) is 31.5 Å². The summed E-state index contributed by atoms with van der Waals surface area (Å²) < 4.78 is 32.9. The van der Waals surface area contributed by atoms with Crippen molar-refractivity contribution in [1.29, 1.82) is 0 Å². The second-order valence-electron chi connectivity index (χ2n) is 7.00. The van der Waals surface area contributed by atoms with Crippen molar-refractivity contribution < 1.29 is 13.2 Å². The van der Waals surface area contributed by atoms with Crippen molar-refractivity contribution in [3.05, 3.63) is 65.7 Å². The fourth-order valence-corrected chi connectivity index (χ4v) is 5.11. The molecule has 3 rings (SSSR count). The lowest BCUT2D eigenvalue weighted by atomic mass is 10.0. The van der Waals surface area contributed by atoms with Crippen LogP contribution in [-0.2, 0) is 16.4 Å². The van der Waals surface area contributed by atoms with Crippen LogP contribution in [0.2, 0.25) is 0 Å². The van der Waals surface area contributed by atoms with E-state index in [1.54, 1.807) is 11.4 Å². The number of ether oxygens (including phenoxy) is 1. The maximum atomic E-state index is 12.9. The van der Waals surface area contributed by atoms with Crippen molar-refractivity contribution in [3.63, 3.8) is 0 Å². The molecule has 1 aliphatic heterocycles. The molecule has 1 fully saturated rings. The van der Waals surface area contributed by atoms with Gasteiger partial charge in [0.2, 0.25) is 10.0 Å². The van der Waals surface area contributed by atoms with Gasteiger partial charge in [0.25, 0.3) is 0 Å². The van der Waals surface area contributed by atoms with Crippen molar-refractivity contribution in [2.45, 2.75) is 18.9 Å². The van der Waals surface area contributed by atoms with Crippen LogP contribution in [0.4, 0.5) is 0 Å². The normalized spacial score (nSPS) is 19.1. The molecule has 0 spiro atoms. The Morgan fingerprint density at radius 1 is 1.04 bits per heavy atom. The standard InChI is InChI=1S/C21H28N2O3S/c1-22-14-15-23(17-20(22)19-12-6-7-13-21(19)26-2)27(24,25)16-8-11-18-9-4-3-5-10-18/h3-7,9-10,12-13,20H,8,11,14-17H2,1-2H3. The fraction of sp³-hybridized carbons (Fsp3) is 0.429. The topological polar surface area (TPSA) is 49.9 Å². The third kappa shape index (κ3) is 4.89. The van der Waals surface area contributed by atoms with Gasteiger partial charge in [-0.15, -0.1) is 0 Å². The van der Waals surface area contributed by atoms with E-state index < -0.39 is 10.0 Å². The molecule has 1 aliphatic rings. The number of nitrogens with zero attached hydrogens (tertiary/aromatic N) is 2. The SMILES string of the molecule is COc1ccccc1C1CN(S(=O)(=O)CCCc2ccccc2)CCN1C. The molecule has 6 heteroatoms. The summed E-state index contributed by atoms with van der Waals surface area (Å²) in [6.45, 7) is 1.71. The lowest BCUT2D eigenvalue weighted by molar-refractivity contribution is 0.146. The summed E-state index contributed by atoms with van der Waals surface area (Å²) >= 11 is 0. The molecule has 0 radical (unpaired) electrons. The molecule has 1 saturated heterocycles. The molecule has 0 bridgehead atoms. The second-order valence-corrected chi connectivity index (χ2v) is 9.09. The summed E-state index contributed by atoms with van der Waals surface area (Å²) in [5.74, 6) is 0.988. The van der Waals surface area contributed by atoms with Crippen LogP contribution < -0.4 is 4.74 Å². The molecule has 5 nitrogen and oxygen atoms in total. The van der Waals surface area contributed by atoms with Crippen molar-refractivity contribution in [3.8, 4) is 5.75 Å². The Labute approximate surface area is 162 Å². The van der Waals surface area contributed by atoms with Crippen molar-refractivity contribution in [2.24, 2.45) is 0 Å². The Hall–Kier alpha value is -1.89. The second kappa shape index (κ2) is 8.87. The molecule has 2 aromatic rings. The molecule has 146 valence electrons. The smallest absolute Gasteiger partial charge is 0.214 e. The number of para-hydroxylation sites is 1. The Morgan fingerprint density at radius 3 is 2.48 bits per heavy atom. The predicted octanol–water partition coefficient (Wildman–Crippen LogP) is 2.95. The van der Waals surface area contributed by atoms with E-state index in [0.29, 0.717) is 26.1 Å². The highest BCUT2D eigenvalue weighted by atomic mass is 32.2. The first-order valence-electron chi connectivity index (χ1n) is 9.36. The number of rotatable bonds is 7. The first-order chi connectivity index (χ1) is 13.0. The molecule has 1 heterocycles. The largest absolute Gasteiger partial charge is 0.496 e. The predicted molar refractivity (Wildman–Crippen MR) is 108 cm³/mol. The average Bonchev–Trinajstić information content (AvgIpc) is 2.69. The van der Waals surface area contributed by atoms with E-state index in [1.165, 1.54) is 5.56 Å². The molecular formula is C21H28N2O3S. The van der Waals surface area contributed by atoms with Crippen LogP contribution in [0.25, 0.3) is 0 Å². The number of piperazine rings is 1. The lowest BCUT2D eigenvalue weighted by Crippen LogP contribution is -2.49. The molecule has 0 N–H and O–H groups in total. The monoisotopic (exact) mass is 388 g/mol. The van der Waals surface area contributed by atoms with Crippen LogP contribution in [0, 0.1) is 0 Å². The van der Waals surface area contributed by atoms with Crippen molar-refractivity contribution in [2.75, 3.05) is 39.5 Å². The maximum absolute atomic E-state index is 12.9. The van der Waals surface area contributed by atoms with Crippen LogP contribution in [0.3, 0.4) is 0 Å². The van der Waals surface area contributed by atoms with Gasteiger partial charge < -0.3 is 4.74 Å². The molecule has 27 heavy (non-hydrogen) atoms. The Morgan fingerprint density at radius 2 is 1.74 bits per heavy atom. The fourth-order valence-electron chi connectivity index (χ4n) is 3.61. The number of benzene rings is 2.